The Morgan fingerprint density at radius 3 is 2.41 bits per heavy atom. The van der Waals surface area contributed by atoms with Gasteiger partial charge in [-0.05, 0) is 30.3 Å². The van der Waals surface area contributed by atoms with Crippen LogP contribution in [-0.2, 0) is 28.5 Å². The maximum absolute atomic E-state index is 13.9. The van der Waals surface area contributed by atoms with Crippen LogP contribution in [0.5, 0.6) is 0 Å². The molecule has 1 fully saturated rings. The molecule has 10 nitrogen and oxygen atoms in total. The lowest BCUT2D eigenvalue weighted by molar-refractivity contribution is -0.191. The Labute approximate surface area is 237 Å². The number of benzene rings is 2. The highest BCUT2D eigenvalue weighted by molar-refractivity contribution is 7.99. The first kappa shape index (κ1) is 30.1. The summed E-state index contributed by atoms with van der Waals surface area (Å²) < 4.78 is 64.6. The van der Waals surface area contributed by atoms with Gasteiger partial charge in [0.15, 0.2) is 23.6 Å². The Morgan fingerprint density at radius 1 is 1.07 bits per heavy atom. The molecular weight excluding hydrogens is 567 g/mol. The van der Waals surface area contributed by atoms with Gasteiger partial charge in [-0.2, -0.15) is 0 Å². The van der Waals surface area contributed by atoms with Gasteiger partial charge in [0.2, 0.25) is 0 Å². The smallest absolute Gasteiger partial charge is 0.337 e. The number of methoxy groups -OCH3 is 1. The van der Waals surface area contributed by atoms with E-state index >= 15 is 0 Å². The molecule has 1 aliphatic heterocycles. The van der Waals surface area contributed by atoms with E-state index in [9.17, 15) is 27.6 Å². The van der Waals surface area contributed by atoms with Gasteiger partial charge in [-0.3, -0.25) is 9.59 Å². The molecule has 0 bridgehead atoms. The van der Waals surface area contributed by atoms with E-state index in [1.807, 2.05) is 6.92 Å². The van der Waals surface area contributed by atoms with E-state index in [-0.39, 0.29) is 17.9 Å². The second kappa shape index (κ2) is 12.7. The van der Waals surface area contributed by atoms with Crippen molar-refractivity contribution in [2.45, 2.75) is 49.4 Å². The minimum Gasteiger partial charge on any atom is -0.465 e. The lowest BCUT2D eigenvalue weighted by Crippen LogP contribution is -2.53. The molecule has 2 unspecified atom stereocenters. The third kappa shape index (κ3) is 6.88. The summed E-state index contributed by atoms with van der Waals surface area (Å²) in [7, 11) is 1.27. The zero-order chi connectivity index (χ0) is 29.8. The van der Waals surface area contributed by atoms with Crippen LogP contribution < -0.4 is 0 Å². The molecule has 0 spiro atoms. The first-order chi connectivity index (χ1) is 19.5. The van der Waals surface area contributed by atoms with E-state index < -0.39 is 65.0 Å². The van der Waals surface area contributed by atoms with Crippen LogP contribution in [0.25, 0.3) is 11.3 Å². The van der Waals surface area contributed by atoms with Crippen molar-refractivity contribution in [1.29, 1.82) is 0 Å². The van der Waals surface area contributed by atoms with E-state index in [0.717, 1.165) is 12.1 Å². The predicted molar refractivity (Wildman–Crippen MR) is 138 cm³/mol. The van der Waals surface area contributed by atoms with Crippen molar-refractivity contribution < 1.29 is 46.5 Å². The molecule has 0 radical (unpaired) electrons. The molecule has 2 aromatic carbocycles. The SMILES string of the molecule is COC(=O)c1cccc(S[C@H]2OC(COC(C)=O)[C@H](OC(C)=O)[C@H](n3cc(-c4cc(F)c(F)c(F)c4)nn3)C2C)c1. The third-order valence-electron chi connectivity index (χ3n) is 6.34. The van der Waals surface area contributed by atoms with Crippen molar-refractivity contribution in [3.05, 3.63) is 65.6 Å². The van der Waals surface area contributed by atoms with Crippen LogP contribution in [0.1, 0.15) is 37.2 Å². The Hall–Kier alpha value is -3.91. The third-order valence-corrected chi connectivity index (χ3v) is 7.63. The van der Waals surface area contributed by atoms with Crippen LogP contribution in [0.4, 0.5) is 13.2 Å². The van der Waals surface area contributed by atoms with E-state index in [0.29, 0.717) is 10.5 Å². The number of thioether (sulfide) groups is 1. The molecule has 0 N–H and O–H groups in total. The lowest BCUT2D eigenvalue weighted by atomic mass is 9.90. The molecular formula is C27H26F3N3O7S. The van der Waals surface area contributed by atoms with Crippen molar-refractivity contribution in [3.8, 4) is 11.3 Å². The van der Waals surface area contributed by atoms with Crippen LogP contribution in [0.3, 0.4) is 0 Å². The summed E-state index contributed by atoms with van der Waals surface area (Å²) in [6.45, 7) is 3.98. The summed E-state index contributed by atoms with van der Waals surface area (Å²) in [5.74, 6) is -6.59. The first-order valence-electron chi connectivity index (χ1n) is 12.4. The minimum atomic E-state index is -1.61. The second-order valence-corrected chi connectivity index (χ2v) is 10.4. The van der Waals surface area contributed by atoms with Crippen molar-refractivity contribution >= 4 is 29.7 Å². The van der Waals surface area contributed by atoms with Crippen LogP contribution >= 0.6 is 11.8 Å². The average Bonchev–Trinajstić information content (AvgIpc) is 3.41. The van der Waals surface area contributed by atoms with Crippen LogP contribution in [0.15, 0.2) is 47.5 Å². The molecule has 2 heterocycles. The minimum absolute atomic E-state index is 0.0367. The highest BCUT2D eigenvalue weighted by Crippen LogP contribution is 2.43. The van der Waals surface area contributed by atoms with Gasteiger partial charge in [0, 0.05) is 30.2 Å². The van der Waals surface area contributed by atoms with Crippen molar-refractivity contribution in [1.82, 2.24) is 15.0 Å². The first-order valence-corrected chi connectivity index (χ1v) is 13.2. The van der Waals surface area contributed by atoms with Crippen molar-refractivity contribution in [3.63, 3.8) is 0 Å². The summed E-state index contributed by atoms with van der Waals surface area (Å²) in [5.41, 5.74) is -0.340. The van der Waals surface area contributed by atoms with E-state index in [1.165, 1.54) is 43.6 Å². The summed E-state index contributed by atoms with van der Waals surface area (Å²) >= 11 is 1.27. The van der Waals surface area contributed by atoms with E-state index in [2.05, 4.69) is 10.3 Å². The molecule has 4 rings (SSSR count). The number of aromatic nitrogens is 3. The Bertz CT molecular complexity index is 1430. The maximum atomic E-state index is 13.9. The molecule has 0 aliphatic carbocycles. The van der Waals surface area contributed by atoms with Gasteiger partial charge in [0.1, 0.15) is 23.8 Å². The largest absolute Gasteiger partial charge is 0.465 e. The molecule has 3 aromatic rings. The highest BCUT2D eigenvalue weighted by Gasteiger charge is 2.48. The number of carbonyl (C=O) groups excluding carboxylic acids is 3. The van der Waals surface area contributed by atoms with Crippen LogP contribution in [0.2, 0.25) is 0 Å². The number of carbonyl (C=O) groups is 3. The molecule has 5 atom stereocenters. The number of ether oxygens (including phenoxy) is 4. The number of esters is 3. The summed E-state index contributed by atoms with van der Waals surface area (Å²) in [6, 6.07) is 7.51. The van der Waals surface area contributed by atoms with Crippen LogP contribution in [-0.4, -0.2) is 64.3 Å². The molecule has 0 amide bonds. The Morgan fingerprint density at radius 2 is 1.78 bits per heavy atom. The fourth-order valence-corrected chi connectivity index (χ4v) is 5.65. The molecule has 218 valence electrons. The fraction of sp³-hybridized carbons (Fsp3) is 0.370. The average molecular weight is 594 g/mol. The molecule has 14 heteroatoms. The molecule has 41 heavy (non-hydrogen) atoms. The normalized spacial score (nSPS) is 22.2. The molecule has 1 saturated heterocycles. The molecule has 0 saturated carbocycles. The summed E-state index contributed by atoms with van der Waals surface area (Å²) in [5, 5.41) is 8.13. The topological polar surface area (TPSA) is 119 Å². The van der Waals surface area contributed by atoms with Gasteiger partial charge in [0.25, 0.3) is 0 Å². The monoisotopic (exact) mass is 593 g/mol. The van der Waals surface area contributed by atoms with Crippen LogP contribution in [0, 0.1) is 23.4 Å². The number of rotatable bonds is 8. The van der Waals surface area contributed by atoms with Gasteiger partial charge < -0.3 is 18.9 Å². The van der Waals surface area contributed by atoms with Crippen molar-refractivity contribution in [2.75, 3.05) is 13.7 Å². The molecule has 1 aromatic heterocycles. The quantitative estimate of drug-likeness (QED) is 0.212. The maximum Gasteiger partial charge on any atom is 0.337 e. The van der Waals surface area contributed by atoms with Gasteiger partial charge in [-0.15, -0.1) is 5.10 Å². The zero-order valence-corrected chi connectivity index (χ0v) is 23.2. The standard InChI is InChI=1S/C27H26F3N3O7S/c1-13-24(33-11-21(31-32-33)17-9-19(28)23(30)20(29)10-17)25(39-15(3)35)22(12-38-14(2)34)40-27(13)41-18-7-5-6-16(8-18)26(36)37-4/h5-11,13,22,24-25,27H,12H2,1-4H3/t13?,22?,24-,25+,27-/m1/s1. The van der Waals surface area contributed by atoms with Gasteiger partial charge >= 0.3 is 17.9 Å². The van der Waals surface area contributed by atoms with E-state index in [1.54, 1.807) is 24.3 Å². The number of hydrogen-bond acceptors (Lipinski definition) is 10. The fourth-order valence-electron chi connectivity index (χ4n) is 4.46. The van der Waals surface area contributed by atoms with Gasteiger partial charge in [-0.25, -0.2) is 22.6 Å². The second-order valence-electron chi connectivity index (χ2n) is 9.24. The Kier molecular flexibility index (Phi) is 9.33. The predicted octanol–water partition coefficient (Wildman–Crippen LogP) is 4.34. The van der Waals surface area contributed by atoms with Crippen molar-refractivity contribution in [2.24, 2.45) is 5.92 Å². The number of halogens is 3. The number of nitrogens with zero attached hydrogens (tertiary/aromatic N) is 3. The van der Waals surface area contributed by atoms with E-state index in [4.69, 9.17) is 18.9 Å². The molecule has 1 aliphatic rings. The zero-order valence-electron chi connectivity index (χ0n) is 22.4. The Balaban J connectivity index is 1.73. The summed E-state index contributed by atoms with van der Waals surface area (Å²) in [6.07, 6.45) is -0.576. The lowest BCUT2D eigenvalue weighted by Gasteiger charge is -2.44. The van der Waals surface area contributed by atoms with Gasteiger partial charge in [0.05, 0.1) is 24.9 Å². The highest BCUT2D eigenvalue weighted by atomic mass is 32.2. The number of hydrogen-bond donors (Lipinski definition) is 0. The van der Waals surface area contributed by atoms with Gasteiger partial charge in [-0.1, -0.05) is 30.0 Å². The summed E-state index contributed by atoms with van der Waals surface area (Å²) in [4.78, 5) is 36.4.